The molecular formula is C23H28FN3O4S. The molecule has 32 heavy (non-hydrogen) atoms. The summed E-state index contributed by atoms with van der Waals surface area (Å²) >= 11 is 0. The number of amides is 1. The molecule has 1 amide bonds. The third-order valence-corrected chi connectivity index (χ3v) is 8.01. The van der Waals surface area contributed by atoms with E-state index < -0.39 is 10.0 Å². The molecule has 172 valence electrons. The minimum Gasteiger partial charge on any atom is -0.496 e. The number of carbonyl (C=O) groups is 1. The summed E-state index contributed by atoms with van der Waals surface area (Å²) < 4.78 is 47.1. The van der Waals surface area contributed by atoms with E-state index in [4.69, 9.17) is 4.74 Å². The second kappa shape index (κ2) is 9.46. The Morgan fingerprint density at radius 1 is 0.938 bits per heavy atom. The number of sulfonamides is 1. The molecule has 7 nitrogen and oxygen atoms in total. The Labute approximate surface area is 188 Å². The minimum atomic E-state index is -3.67. The maximum atomic E-state index is 14.1. The molecule has 2 aliphatic rings. The Hall–Kier alpha value is -2.65. The van der Waals surface area contributed by atoms with Crippen molar-refractivity contribution in [3.05, 3.63) is 53.8 Å². The predicted molar refractivity (Wildman–Crippen MR) is 120 cm³/mol. The summed E-state index contributed by atoms with van der Waals surface area (Å²) in [5.74, 6) is -0.237. The van der Waals surface area contributed by atoms with Crippen LogP contribution in [0, 0.1) is 5.82 Å². The first-order valence-corrected chi connectivity index (χ1v) is 12.3. The summed E-state index contributed by atoms with van der Waals surface area (Å²) in [4.78, 5) is 17.0. The number of rotatable bonds is 5. The number of hydrogen-bond donors (Lipinski definition) is 0. The average molecular weight is 462 g/mol. The zero-order valence-electron chi connectivity index (χ0n) is 18.2. The molecule has 2 heterocycles. The van der Waals surface area contributed by atoms with Gasteiger partial charge < -0.3 is 14.5 Å². The van der Waals surface area contributed by atoms with Gasteiger partial charge in [-0.15, -0.1) is 0 Å². The topological polar surface area (TPSA) is 70.2 Å². The van der Waals surface area contributed by atoms with Crippen LogP contribution in [0.5, 0.6) is 5.75 Å². The number of ether oxygens (including phenoxy) is 1. The molecule has 0 aromatic heterocycles. The van der Waals surface area contributed by atoms with E-state index in [1.807, 2.05) is 4.90 Å². The molecule has 0 radical (unpaired) electrons. The Balaban J connectivity index is 1.53. The number of nitrogens with zero attached hydrogens (tertiary/aromatic N) is 3. The maximum absolute atomic E-state index is 14.1. The zero-order valence-corrected chi connectivity index (χ0v) is 19.0. The van der Waals surface area contributed by atoms with Crippen molar-refractivity contribution in [1.29, 1.82) is 0 Å². The molecule has 0 atom stereocenters. The van der Waals surface area contributed by atoms with Gasteiger partial charge >= 0.3 is 0 Å². The predicted octanol–water partition coefficient (Wildman–Crippen LogP) is 2.97. The van der Waals surface area contributed by atoms with E-state index in [1.54, 1.807) is 29.2 Å². The van der Waals surface area contributed by atoms with Crippen LogP contribution < -0.4 is 9.64 Å². The van der Waals surface area contributed by atoms with Gasteiger partial charge in [-0.05, 0) is 43.2 Å². The van der Waals surface area contributed by atoms with E-state index >= 15 is 0 Å². The summed E-state index contributed by atoms with van der Waals surface area (Å²) in [6.07, 6.45) is 2.71. The van der Waals surface area contributed by atoms with Gasteiger partial charge in [-0.2, -0.15) is 4.31 Å². The number of benzene rings is 2. The van der Waals surface area contributed by atoms with Gasteiger partial charge in [-0.3, -0.25) is 4.79 Å². The van der Waals surface area contributed by atoms with Crippen molar-refractivity contribution in [2.24, 2.45) is 0 Å². The highest BCUT2D eigenvalue weighted by molar-refractivity contribution is 7.89. The van der Waals surface area contributed by atoms with Crippen LogP contribution in [-0.4, -0.2) is 69.9 Å². The van der Waals surface area contributed by atoms with Gasteiger partial charge in [-0.1, -0.05) is 18.6 Å². The monoisotopic (exact) mass is 461 g/mol. The standard InChI is InChI=1S/C23H28FN3O4S/c1-31-22-10-9-18(32(29,30)27-11-5-2-6-12-27)17-19(22)23(28)26-15-13-25(14-16-26)21-8-4-3-7-20(21)24/h3-4,7-10,17H,2,5-6,11-16H2,1H3. The second-order valence-electron chi connectivity index (χ2n) is 8.06. The number of carbonyl (C=O) groups excluding carboxylic acids is 1. The van der Waals surface area contributed by atoms with Crippen LogP contribution >= 0.6 is 0 Å². The zero-order chi connectivity index (χ0) is 22.7. The van der Waals surface area contributed by atoms with Crippen molar-refractivity contribution >= 4 is 21.6 Å². The van der Waals surface area contributed by atoms with E-state index in [1.165, 1.54) is 29.6 Å². The summed E-state index contributed by atoms with van der Waals surface area (Å²) in [6.45, 7) is 2.77. The van der Waals surface area contributed by atoms with Crippen LogP contribution in [0.15, 0.2) is 47.4 Å². The molecular weight excluding hydrogens is 433 g/mol. The van der Waals surface area contributed by atoms with Gasteiger partial charge in [0.25, 0.3) is 5.91 Å². The Bertz CT molecular complexity index is 1080. The molecule has 2 fully saturated rings. The molecule has 0 N–H and O–H groups in total. The first-order valence-electron chi connectivity index (χ1n) is 10.9. The summed E-state index contributed by atoms with van der Waals surface area (Å²) in [6, 6.07) is 11.0. The third-order valence-electron chi connectivity index (χ3n) is 6.11. The molecule has 0 bridgehead atoms. The first-order chi connectivity index (χ1) is 15.4. The van der Waals surface area contributed by atoms with Gasteiger partial charge in [0.05, 0.1) is 23.3 Å². The Morgan fingerprint density at radius 3 is 2.28 bits per heavy atom. The number of piperazine rings is 1. The van der Waals surface area contributed by atoms with Crippen LogP contribution in [0.1, 0.15) is 29.6 Å². The third kappa shape index (κ3) is 4.45. The van der Waals surface area contributed by atoms with Crippen LogP contribution in [0.2, 0.25) is 0 Å². The van der Waals surface area contributed by atoms with E-state index in [-0.39, 0.29) is 22.2 Å². The van der Waals surface area contributed by atoms with E-state index in [9.17, 15) is 17.6 Å². The lowest BCUT2D eigenvalue weighted by Crippen LogP contribution is -2.49. The van der Waals surface area contributed by atoms with Crippen LogP contribution in [0.4, 0.5) is 10.1 Å². The first kappa shape index (κ1) is 22.5. The number of piperidine rings is 1. The molecule has 0 saturated carbocycles. The molecule has 2 aromatic carbocycles. The van der Waals surface area contributed by atoms with Crippen LogP contribution in [-0.2, 0) is 10.0 Å². The fourth-order valence-electron chi connectivity index (χ4n) is 4.30. The molecule has 9 heteroatoms. The lowest BCUT2D eigenvalue weighted by atomic mass is 10.1. The van der Waals surface area contributed by atoms with Gasteiger partial charge in [0.15, 0.2) is 0 Å². The molecule has 2 aromatic rings. The molecule has 0 spiro atoms. The highest BCUT2D eigenvalue weighted by Gasteiger charge is 2.30. The second-order valence-corrected chi connectivity index (χ2v) is 10.00. The van der Waals surface area contributed by atoms with E-state index in [0.717, 1.165) is 19.3 Å². The van der Waals surface area contributed by atoms with Gasteiger partial charge in [0.1, 0.15) is 11.6 Å². The quantitative estimate of drug-likeness (QED) is 0.685. The van der Waals surface area contributed by atoms with Crippen molar-refractivity contribution in [2.75, 3.05) is 51.3 Å². The maximum Gasteiger partial charge on any atom is 0.257 e. The average Bonchev–Trinajstić information content (AvgIpc) is 2.84. The fraction of sp³-hybridized carbons (Fsp3) is 0.435. The van der Waals surface area contributed by atoms with E-state index in [0.29, 0.717) is 50.7 Å². The minimum absolute atomic E-state index is 0.105. The van der Waals surface area contributed by atoms with Crippen molar-refractivity contribution in [1.82, 2.24) is 9.21 Å². The Kier molecular flexibility index (Phi) is 6.66. The smallest absolute Gasteiger partial charge is 0.257 e. The lowest BCUT2D eigenvalue weighted by Gasteiger charge is -2.36. The van der Waals surface area contributed by atoms with Gasteiger partial charge in [0, 0.05) is 39.3 Å². The normalized spacial score (nSPS) is 17.9. The van der Waals surface area contributed by atoms with Crippen molar-refractivity contribution in [3.8, 4) is 5.75 Å². The lowest BCUT2D eigenvalue weighted by molar-refractivity contribution is 0.0743. The SMILES string of the molecule is COc1ccc(S(=O)(=O)N2CCCCC2)cc1C(=O)N1CCN(c2ccccc2F)CC1. The van der Waals surface area contributed by atoms with Crippen LogP contribution in [0.25, 0.3) is 0 Å². The summed E-state index contributed by atoms with van der Waals surface area (Å²) in [5.41, 5.74) is 0.747. The summed E-state index contributed by atoms with van der Waals surface area (Å²) in [5, 5.41) is 0. The van der Waals surface area contributed by atoms with Crippen LogP contribution in [0.3, 0.4) is 0 Å². The van der Waals surface area contributed by atoms with Gasteiger partial charge in [-0.25, -0.2) is 12.8 Å². The molecule has 4 rings (SSSR count). The molecule has 2 aliphatic heterocycles. The van der Waals surface area contributed by atoms with Crippen molar-refractivity contribution in [3.63, 3.8) is 0 Å². The Morgan fingerprint density at radius 2 is 1.62 bits per heavy atom. The molecule has 0 unspecified atom stereocenters. The number of halogens is 1. The molecule has 0 aliphatic carbocycles. The largest absolute Gasteiger partial charge is 0.496 e. The number of anilines is 1. The van der Waals surface area contributed by atoms with Crippen molar-refractivity contribution < 1.29 is 22.3 Å². The summed E-state index contributed by atoms with van der Waals surface area (Å²) in [7, 11) is -2.21. The van der Waals surface area contributed by atoms with E-state index in [2.05, 4.69) is 0 Å². The number of para-hydroxylation sites is 1. The van der Waals surface area contributed by atoms with Gasteiger partial charge in [0.2, 0.25) is 10.0 Å². The number of hydrogen-bond acceptors (Lipinski definition) is 5. The van der Waals surface area contributed by atoms with Crippen molar-refractivity contribution in [2.45, 2.75) is 24.2 Å². The number of methoxy groups -OCH3 is 1. The molecule has 2 saturated heterocycles. The highest BCUT2D eigenvalue weighted by atomic mass is 32.2. The highest BCUT2D eigenvalue weighted by Crippen LogP contribution is 2.28. The fourth-order valence-corrected chi connectivity index (χ4v) is 5.84.